The number of hydrogen-bond donors (Lipinski definition) is 2. The zero-order valence-corrected chi connectivity index (χ0v) is 13.5. The molecule has 0 saturated heterocycles. The number of furan rings is 1. The smallest absolute Gasteiger partial charge is 0.169 e. The van der Waals surface area contributed by atoms with Crippen LogP contribution in [0.2, 0.25) is 0 Å². The molecular weight excluding hydrogens is 376 g/mol. The van der Waals surface area contributed by atoms with Gasteiger partial charge in [0.2, 0.25) is 0 Å². The van der Waals surface area contributed by atoms with Gasteiger partial charge in [-0.15, -0.1) is 0 Å². The molecule has 0 aliphatic heterocycles. The Hall–Kier alpha value is -0.820. The van der Waals surface area contributed by atoms with Gasteiger partial charge in [-0.25, -0.2) is 5.43 Å². The first-order valence-electron chi connectivity index (χ1n) is 5.68. The topological polar surface area (TPSA) is 60.4 Å². The van der Waals surface area contributed by atoms with Crippen molar-refractivity contribution in [3.63, 3.8) is 0 Å². The molecular formula is C13H14Br2N2O2. The lowest BCUT2D eigenvalue weighted by Crippen LogP contribution is -2.29. The Balaban J connectivity index is 2.16. The van der Waals surface area contributed by atoms with Crippen LogP contribution in [0.4, 0.5) is 0 Å². The standard InChI is InChI=1S/C13H14Br2N2O2/c1-18-11-3-2-8(6-9(11)14)7-10(17-16)12-4-5-13(15)19-12/h2-6,10,17H,7,16H2,1H3. The van der Waals surface area contributed by atoms with Crippen molar-refractivity contribution in [1.29, 1.82) is 0 Å². The fourth-order valence-corrected chi connectivity index (χ4v) is 2.74. The molecule has 0 spiro atoms. The Kier molecular flexibility index (Phi) is 5.04. The van der Waals surface area contributed by atoms with E-state index < -0.39 is 0 Å². The minimum atomic E-state index is -0.0772. The monoisotopic (exact) mass is 388 g/mol. The van der Waals surface area contributed by atoms with Crippen molar-refractivity contribution in [2.75, 3.05) is 7.11 Å². The van der Waals surface area contributed by atoms with E-state index in [1.54, 1.807) is 7.11 Å². The molecule has 1 unspecified atom stereocenters. The second-order valence-corrected chi connectivity index (χ2v) is 5.67. The number of rotatable bonds is 5. The summed E-state index contributed by atoms with van der Waals surface area (Å²) in [6.45, 7) is 0. The molecule has 102 valence electrons. The number of benzene rings is 1. The maximum Gasteiger partial charge on any atom is 0.169 e. The molecule has 0 radical (unpaired) electrons. The number of nitrogens with two attached hydrogens (primary N) is 1. The Bertz CT molecular complexity index is 557. The minimum absolute atomic E-state index is 0.0772. The summed E-state index contributed by atoms with van der Waals surface area (Å²) in [6.07, 6.45) is 0.721. The molecule has 6 heteroatoms. The van der Waals surface area contributed by atoms with E-state index in [1.165, 1.54) is 0 Å². The molecule has 0 amide bonds. The van der Waals surface area contributed by atoms with E-state index in [-0.39, 0.29) is 6.04 Å². The van der Waals surface area contributed by atoms with E-state index in [2.05, 4.69) is 37.3 Å². The quantitative estimate of drug-likeness (QED) is 0.606. The maximum atomic E-state index is 5.59. The third-order valence-corrected chi connectivity index (χ3v) is 3.84. The van der Waals surface area contributed by atoms with Crippen molar-refractivity contribution in [3.8, 4) is 5.75 Å². The highest BCUT2D eigenvalue weighted by Crippen LogP contribution is 2.28. The lowest BCUT2D eigenvalue weighted by atomic mass is 10.0. The van der Waals surface area contributed by atoms with Gasteiger partial charge >= 0.3 is 0 Å². The molecule has 1 heterocycles. The van der Waals surface area contributed by atoms with Gasteiger partial charge in [0.05, 0.1) is 17.6 Å². The number of hydrazine groups is 1. The summed E-state index contributed by atoms with van der Waals surface area (Å²) < 4.78 is 12.3. The van der Waals surface area contributed by atoms with Crippen LogP contribution in [-0.2, 0) is 6.42 Å². The second kappa shape index (κ2) is 6.56. The summed E-state index contributed by atoms with van der Waals surface area (Å²) in [6, 6.07) is 9.61. The summed E-state index contributed by atoms with van der Waals surface area (Å²) in [5.41, 5.74) is 3.89. The van der Waals surface area contributed by atoms with Crippen molar-refractivity contribution in [3.05, 3.63) is 50.8 Å². The number of nitrogens with one attached hydrogen (secondary N) is 1. The van der Waals surface area contributed by atoms with Gasteiger partial charge in [-0.05, 0) is 68.1 Å². The van der Waals surface area contributed by atoms with Gasteiger partial charge in [0.15, 0.2) is 4.67 Å². The van der Waals surface area contributed by atoms with Crippen LogP contribution in [0.1, 0.15) is 17.4 Å². The minimum Gasteiger partial charge on any atom is -0.496 e. The molecule has 1 aromatic carbocycles. The van der Waals surface area contributed by atoms with Crippen molar-refractivity contribution in [1.82, 2.24) is 5.43 Å². The van der Waals surface area contributed by atoms with Gasteiger partial charge in [0.25, 0.3) is 0 Å². The Labute approximate surface area is 128 Å². The van der Waals surface area contributed by atoms with Gasteiger partial charge in [0.1, 0.15) is 11.5 Å². The molecule has 0 fully saturated rings. The van der Waals surface area contributed by atoms with E-state index in [0.717, 1.165) is 28.0 Å². The molecule has 2 rings (SSSR count). The molecule has 2 aromatic rings. The first-order valence-corrected chi connectivity index (χ1v) is 7.26. The van der Waals surface area contributed by atoms with Gasteiger partial charge in [-0.1, -0.05) is 6.07 Å². The number of hydrogen-bond acceptors (Lipinski definition) is 4. The summed E-state index contributed by atoms with van der Waals surface area (Å²) in [5, 5.41) is 0. The normalized spacial score (nSPS) is 12.4. The predicted octanol–water partition coefficient (Wildman–Crippen LogP) is 3.56. The zero-order chi connectivity index (χ0) is 13.8. The zero-order valence-electron chi connectivity index (χ0n) is 10.3. The molecule has 0 bridgehead atoms. The van der Waals surface area contributed by atoms with Crippen LogP contribution in [0, 0.1) is 0 Å². The summed E-state index contributed by atoms with van der Waals surface area (Å²) in [4.78, 5) is 0. The van der Waals surface area contributed by atoms with Crippen molar-refractivity contribution in [2.24, 2.45) is 5.84 Å². The molecule has 1 atom stereocenters. The van der Waals surface area contributed by atoms with Crippen LogP contribution in [0.15, 0.2) is 43.9 Å². The van der Waals surface area contributed by atoms with E-state index in [9.17, 15) is 0 Å². The number of ether oxygens (including phenoxy) is 1. The first kappa shape index (κ1) is 14.6. The second-order valence-electron chi connectivity index (χ2n) is 4.03. The Morgan fingerprint density at radius 2 is 2.11 bits per heavy atom. The molecule has 3 N–H and O–H groups in total. The Morgan fingerprint density at radius 3 is 2.63 bits per heavy atom. The largest absolute Gasteiger partial charge is 0.496 e. The van der Waals surface area contributed by atoms with Gasteiger partial charge in [0, 0.05) is 0 Å². The van der Waals surface area contributed by atoms with Crippen molar-refractivity contribution < 1.29 is 9.15 Å². The van der Waals surface area contributed by atoms with Gasteiger partial charge in [-0.3, -0.25) is 5.84 Å². The van der Waals surface area contributed by atoms with Crippen LogP contribution in [-0.4, -0.2) is 7.11 Å². The van der Waals surface area contributed by atoms with Gasteiger partial charge < -0.3 is 9.15 Å². The Morgan fingerprint density at radius 1 is 1.32 bits per heavy atom. The molecule has 0 saturated carbocycles. The summed E-state index contributed by atoms with van der Waals surface area (Å²) in [5.74, 6) is 7.19. The van der Waals surface area contributed by atoms with E-state index in [4.69, 9.17) is 15.0 Å². The molecule has 19 heavy (non-hydrogen) atoms. The molecule has 4 nitrogen and oxygen atoms in total. The van der Waals surface area contributed by atoms with Crippen molar-refractivity contribution >= 4 is 31.9 Å². The van der Waals surface area contributed by atoms with E-state index in [1.807, 2.05) is 30.3 Å². The maximum absolute atomic E-state index is 5.59. The summed E-state index contributed by atoms with van der Waals surface area (Å²) >= 11 is 6.76. The molecule has 0 aliphatic carbocycles. The molecule has 0 aliphatic rings. The highest BCUT2D eigenvalue weighted by molar-refractivity contribution is 9.10. The predicted molar refractivity (Wildman–Crippen MR) is 80.9 cm³/mol. The van der Waals surface area contributed by atoms with E-state index in [0.29, 0.717) is 4.67 Å². The van der Waals surface area contributed by atoms with Crippen LogP contribution < -0.4 is 16.0 Å². The lowest BCUT2D eigenvalue weighted by Gasteiger charge is -2.14. The number of halogens is 2. The first-order chi connectivity index (χ1) is 9.13. The SMILES string of the molecule is COc1ccc(CC(NN)c2ccc(Br)o2)cc1Br. The van der Waals surface area contributed by atoms with Crippen LogP contribution in [0.3, 0.4) is 0 Å². The summed E-state index contributed by atoms with van der Waals surface area (Å²) in [7, 11) is 1.64. The third kappa shape index (κ3) is 3.60. The third-order valence-electron chi connectivity index (χ3n) is 2.79. The van der Waals surface area contributed by atoms with Crippen LogP contribution in [0.5, 0.6) is 5.75 Å². The highest BCUT2D eigenvalue weighted by Gasteiger charge is 2.15. The average molecular weight is 390 g/mol. The van der Waals surface area contributed by atoms with Crippen molar-refractivity contribution in [2.45, 2.75) is 12.5 Å². The van der Waals surface area contributed by atoms with Crippen LogP contribution in [0.25, 0.3) is 0 Å². The molecule has 1 aromatic heterocycles. The van der Waals surface area contributed by atoms with Gasteiger partial charge in [-0.2, -0.15) is 0 Å². The average Bonchev–Trinajstić information content (AvgIpc) is 2.82. The van der Waals surface area contributed by atoms with E-state index >= 15 is 0 Å². The fraction of sp³-hybridized carbons (Fsp3) is 0.231. The lowest BCUT2D eigenvalue weighted by molar-refractivity contribution is 0.403. The highest BCUT2D eigenvalue weighted by atomic mass is 79.9. The fourth-order valence-electron chi connectivity index (χ4n) is 1.83. The number of methoxy groups -OCH3 is 1. The van der Waals surface area contributed by atoms with Crippen LogP contribution >= 0.6 is 31.9 Å².